The Hall–Kier alpha value is -2.04. The molecule has 0 spiro atoms. The minimum Gasteiger partial charge on any atom is -0.452 e. The minimum atomic E-state index is -4.07. The molecule has 1 atom stereocenters. The lowest BCUT2D eigenvalue weighted by atomic mass is 10.3. The molecule has 1 fully saturated rings. The van der Waals surface area contributed by atoms with Crippen molar-refractivity contribution in [2.45, 2.75) is 24.3 Å². The zero-order valence-electron chi connectivity index (χ0n) is 14.3. The van der Waals surface area contributed by atoms with E-state index in [2.05, 4.69) is 4.72 Å². The summed E-state index contributed by atoms with van der Waals surface area (Å²) in [5.74, 6) is -1.93. The number of nitrogens with zero attached hydrogens (tertiary/aromatic N) is 1. The van der Waals surface area contributed by atoms with Crippen LogP contribution < -0.4 is 4.72 Å². The molecule has 0 bridgehead atoms. The number of sulfonamides is 1. The zero-order chi connectivity index (χ0) is 19.2. The second-order valence-electron chi connectivity index (χ2n) is 5.65. The maximum Gasteiger partial charge on any atom is 0.307 e. The van der Waals surface area contributed by atoms with Gasteiger partial charge in [0.2, 0.25) is 10.0 Å². The molecule has 1 aromatic rings. The second-order valence-corrected chi connectivity index (χ2v) is 7.38. The predicted octanol–water partition coefficient (Wildman–Crippen LogP) is 0.285. The van der Waals surface area contributed by atoms with Crippen molar-refractivity contribution in [1.29, 1.82) is 0 Å². The summed E-state index contributed by atoms with van der Waals surface area (Å²) in [6.45, 7) is 2.92. The SMILES string of the molecule is C[C@@H](OC(=O)CCNS(=O)(=O)c1ccccc1F)C(=O)N1CCOCC1. The molecule has 1 saturated heterocycles. The second kappa shape index (κ2) is 9.06. The number of benzene rings is 1. The maximum atomic E-state index is 13.5. The lowest BCUT2D eigenvalue weighted by Crippen LogP contribution is -2.46. The average Bonchev–Trinajstić information content (AvgIpc) is 2.61. The molecule has 1 aromatic carbocycles. The summed E-state index contributed by atoms with van der Waals surface area (Å²) < 4.78 is 49.8. The first kappa shape index (κ1) is 20.3. The maximum absolute atomic E-state index is 13.5. The quantitative estimate of drug-likeness (QED) is 0.674. The van der Waals surface area contributed by atoms with Crippen LogP contribution in [-0.2, 0) is 29.1 Å². The Kier molecular flexibility index (Phi) is 7.06. The molecule has 1 aliphatic heterocycles. The number of carbonyl (C=O) groups is 2. The van der Waals surface area contributed by atoms with E-state index in [1.807, 2.05) is 0 Å². The molecule has 8 nitrogen and oxygen atoms in total. The number of nitrogens with one attached hydrogen (secondary N) is 1. The van der Waals surface area contributed by atoms with Gasteiger partial charge in [-0.1, -0.05) is 12.1 Å². The number of hydrogen-bond donors (Lipinski definition) is 1. The Bertz CT molecular complexity index is 749. The van der Waals surface area contributed by atoms with Gasteiger partial charge < -0.3 is 14.4 Å². The molecule has 2 rings (SSSR count). The molecular weight excluding hydrogens is 367 g/mol. The van der Waals surface area contributed by atoms with Crippen LogP contribution in [0.25, 0.3) is 0 Å². The first-order valence-corrected chi connectivity index (χ1v) is 9.60. The summed E-state index contributed by atoms with van der Waals surface area (Å²) in [7, 11) is -4.07. The van der Waals surface area contributed by atoms with E-state index in [4.69, 9.17) is 9.47 Å². The van der Waals surface area contributed by atoms with E-state index >= 15 is 0 Å². The van der Waals surface area contributed by atoms with E-state index in [1.165, 1.54) is 19.1 Å². The number of ether oxygens (including phenoxy) is 2. The Balaban J connectivity index is 1.79. The highest BCUT2D eigenvalue weighted by molar-refractivity contribution is 7.89. The normalized spacial score (nSPS) is 16.2. The van der Waals surface area contributed by atoms with Crippen molar-refractivity contribution >= 4 is 21.9 Å². The molecule has 26 heavy (non-hydrogen) atoms. The van der Waals surface area contributed by atoms with Crippen LogP contribution in [0, 0.1) is 5.82 Å². The molecule has 1 aliphatic rings. The fourth-order valence-corrected chi connectivity index (χ4v) is 3.48. The number of amides is 1. The minimum absolute atomic E-state index is 0.270. The molecule has 1 heterocycles. The van der Waals surface area contributed by atoms with Gasteiger partial charge in [0.15, 0.2) is 6.10 Å². The molecule has 0 saturated carbocycles. The van der Waals surface area contributed by atoms with Gasteiger partial charge >= 0.3 is 5.97 Å². The first-order valence-electron chi connectivity index (χ1n) is 8.11. The van der Waals surface area contributed by atoms with Crippen molar-refractivity contribution in [3.05, 3.63) is 30.1 Å². The molecule has 0 aliphatic carbocycles. The summed E-state index contributed by atoms with van der Waals surface area (Å²) >= 11 is 0. The van der Waals surface area contributed by atoms with Crippen LogP contribution in [0.5, 0.6) is 0 Å². The van der Waals surface area contributed by atoms with E-state index in [0.29, 0.717) is 26.3 Å². The van der Waals surface area contributed by atoms with Gasteiger partial charge in [-0.25, -0.2) is 17.5 Å². The topological polar surface area (TPSA) is 102 Å². The number of rotatable bonds is 7. The van der Waals surface area contributed by atoms with Crippen LogP contribution in [0.1, 0.15) is 13.3 Å². The Morgan fingerprint density at radius 1 is 1.31 bits per heavy atom. The third-order valence-electron chi connectivity index (χ3n) is 3.73. The molecule has 144 valence electrons. The van der Waals surface area contributed by atoms with Gasteiger partial charge in [0, 0.05) is 19.6 Å². The summed E-state index contributed by atoms with van der Waals surface area (Å²) in [5.41, 5.74) is 0. The molecular formula is C16H21FN2O6S. The molecule has 0 unspecified atom stereocenters. The highest BCUT2D eigenvalue weighted by Gasteiger charge is 2.25. The Morgan fingerprint density at radius 3 is 2.62 bits per heavy atom. The van der Waals surface area contributed by atoms with Crippen LogP contribution in [0.2, 0.25) is 0 Å². The van der Waals surface area contributed by atoms with Crippen molar-refractivity contribution in [3.63, 3.8) is 0 Å². The van der Waals surface area contributed by atoms with Gasteiger partial charge in [-0.05, 0) is 19.1 Å². The molecule has 1 amide bonds. The first-order chi connectivity index (χ1) is 12.3. The fraction of sp³-hybridized carbons (Fsp3) is 0.500. The predicted molar refractivity (Wildman–Crippen MR) is 89.2 cm³/mol. The highest BCUT2D eigenvalue weighted by atomic mass is 32.2. The van der Waals surface area contributed by atoms with E-state index in [-0.39, 0.29) is 18.9 Å². The third kappa shape index (κ3) is 5.48. The number of carbonyl (C=O) groups excluding carboxylic acids is 2. The number of esters is 1. The standard InChI is InChI=1S/C16H21FN2O6S/c1-12(16(21)19-8-10-24-11-9-19)25-15(20)6-7-18-26(22,23)14-5-3-2-4-13(14)17/h2-5,12,18H,6-11H2,1H3/t12-/m1/s1. The van der Waals surface area contributed by atoms with E-state index in [9.17, 15) is 22.4 Å². The van der Waals surface area contributed by atoms with Crippen molar-refractivity contribution < 1.29 is 31.9 Å². The van der Waals surface area contributed by atoms with Gasteiger partial charge in [-0.3, -0.25) is 9.59 Å². The lowest BCUT2D eigenvalue weighted by Gasteiger charge is -2.28. The molecule has 10 heteroatoms. The fourth-order valence-electron chi connectivity index (χ4n) is 2.38. The largest absolute Gasteiger partial charge is 0.452 e. The van der Waals surface area contributed by atoms with Gasteiger partial charge in [-0.2, -0.15) is 0 Å². The van der Waals surface area contributed by atoms with Crippen molar-refractivity contribution in [3.8, 4) is 0 Å². The Labute approximate surface area is 151 Å². The van der Waals surface area contributed by atoms with Gasteiger partial charge in [0.05, 0.1) is 19.6 Å². The zero-order valence-corrected chi connectivity index (χ0v) is 15.1. The monoisotopic (exact) mass is 388 g/mol. The summed E-state index contributed by atoms with van der Waals surface area (Å²) in [6, 6.07) is 4.92. The van der Waals surface area contributed by atoms with Crippen molar-refractivity contribution in [1.82, 2.24) is 9.62 Å². The van der Waals surface area contributed by atoms with Crippen LogP contribution in [-0.4, -0.2) is 64.1 Å². The van der Waals surface area contributed by atoms with Crippen molar-refractivity contribution in [2.24, 2.45) is 0 Å². The van der Waals surface area contributed by atoms with Gasteiger partial charge in [0.25, 0.3) is 5.91 Å². The van der Waals surface area contributed by atoms with Gasteiger partial charge in [-0.15, -0.1) is 0 Å². The third-order valence-corrected chi connectivity index (χ3v) is 5.22. The Morgan fingerprint density at radius 2 is 1.96 bits per heavy atom. The number of hydrogen-bond acceptors (Lipinski definition) is 6. The highest BCUT2D eigenvalue weighted by Crippen LogP contribution is 2.13. The summed E-state index contributed by atoms with van der Waals surface area (Å²) in [4.78, 5) is 25.0. The van der Waals surface area contributed by atoms with E-state index in [1.54, 1.807) is 4.90 Å². The summed E-state index contributed by atoms with van der Waals surface area (Å²) in [5, 5.41) is 0. The average molecular weight is 388 g/mol. The molecule has 0 radical (unpaired) electrons. The number of halogens is 1. The molecule has 0 aromatic heterocycles. The van der Waals surface area contributed by atoms with Gasteiger partial charge in [0.1, 0.15) is 10.7 Å². The smallest absolute Gasteiger partial charge is 0.307 e. The molecule has 1 N–H and O–H groups in total. The van der Waals surface area contributed by atoms with E-state index in [0.717, 1.165) is 12.1 Å². The van der Waals surface area contributed by atoms with Crippen LogP contribution in [0.15, 0.2) is 29.2 Å². The van der Waals surface area contributed by atoms with Crippen LogP contribution >= 0.6 is 0 Å². The summed E-state index contributed by atoms with van der Waals surface area (Å²) in [6.07, 6.45) is -1.25. The lowest BCUT2D eigenvalue weighted by molar-refractivity contribution is -0.160. The van der Waals surface area contributed by atoms with E-state index < -0.39 is 32.8 Å². The van der Waals surface area contributed by atoms with Crippen LogP contribution in [0.4, 0.5) is 4.39 Å². The van der Waals surface area contributed by atoms with Crippen molar-refractivity contribution in [2.75, 3.05) is 32.8 Å². The number of morpholine rings is 1. The van der Waals surface area contributed by atoms with Crippen LogP contribution in [0.3, 0.4) is 0 Å².